The molecule has 0 saturated carbocycles. The Bertz CT molecular complexity index is 603. The molecule has 2 aromatic rings. The number of halogens is 1. The molecule has 0 spiro atoms. The van der Waals surface area contributed by atoms with E-state index in [0.717, 1.165) is 39.3 Å². The van der Waals surface area contributed by atoms with Crippen molar-refractivity contribution in [1.29, 1.82) is 0 Å². The minimum absolute atomic E-state index is 0.157. The van der Waals surface area contributed by atoms with Gasteiger partial charge >= 0.3 is 0 Å². The lowest BCUT2D eigenvalue weighted by atomic mass is 10.0. The number of nitrogens with two attached hydrogens (primary N) is 1. The van der Waals surface area contributed by atoms with Crippen LogP contribution in [0.5, 0.6) is 11.5 Å². The first-order valence-corrected chi connectivity index (χ1v) is 9.00. The number of thioether (sulfide) groups is 1. The predicted octanol–water partition coefficient (Wildman–Crippen LogP) is 5.24. The Labute approximate surface area is 139 Å². The molecule has 0 bridgehead atoms. The molecule has 112 valence electrons. The largest absolute Gasteiger partial charge is 0.456 e. The van der Waals surface area contributed by atoms with Gasteiger partial charge in [0.2, 0.25) is 0 Å². The van der Waals surface area contributed by atoms with Crippen LogP contribution in [0.4, 0.5) is 0 Å². The molecule has 0 aliphatic carbocycles. The van der Waals surface area contributed by atoms with Gasteiger partial charge in [0, 0.05) is 15.4 Å². The summed E-state index contributed by atoms with van der Waals surface area (Å²) in [4.78, 5) is 1.13. The molecule has 0 fully saturated rings. The number of hydrogen-bond acceptors (Lipinski definition) is 3. The predicted molar refractivity (Wildman–Crippen MR) is 94.4 cm³/mol. The monoisotopic (exact) mass is 365 g/mol. The summed E-state index contributed by atoms with van der Waals surface area (Å²) in [5.41, 5.74) is 7.23. The van der Waals surface area contributed by atoms with Crippen LogP contribution in [0.3, 0.4) is 0 Å². The topological polar surface area (TPSA) is 35.2 Å². The quantitative estimate of drug-likeness (QED) is 0.710. The number of hydrogen-bond donors (Lipinski definition) is 1. The van der Waals surface area contributed by atoms with Crippen LogP contribution >= 0.6 is 27.7 Å². The summed E-state index contributed by atoms with van der Waals surface area (Å²) in [5, 5.41) is 0. The Morgan fingerprint density at radius 1 is 1.19 bits per heavy atom. The fourth-order valence-corrected chi connectivity index (χ4v) is 2.91. The van der Waals surface area contributed by atoms with Crippen molar-refractivity contribution in [2.45, 2.75) is 30.7 Å². The average molecular weight is 366 g/mol. The highest BCUT2D eigenvalue weighted by Gasteiger charge is 2.11. The standard InChI is InChI=1S/C17H20BrNOS/c1-3-14(19)10-12-8-9-13(18)11-16(12)20-15-6-4-5-7-17(15)21-2/h4-9,11,14H,3,10,19H2,1-2H3. The number of para-hydroxylation sites is 1. The van der Waals surface area contributed by atoms with Gasteiger partial charge in [-0.1, -0.05) is 41.1 Å². The molecule has 2 aromatic carbocycles. The fraction of sp³-hybridized carbons (Fsp3) is 0.294. The molecule has 0 aromatic heterocycles. The third kappa shape index (κ3) is 4.50. The van der Waals surface area contributed by atoms with Crippen molar-refractivity contribution < 1.29 is 4.74 Å². The minimum Gasteiger partial charge on any atom is -0.456 e. The van der Waals surface area contributed by atoms with Crippen molar-refractivity contribution in [3.63, 3.8) is 0 Å². The van der Waals surface area contributed by atoms with E-state index < -0.39 is 0 Å². The maximum absolute atomic E-state index is 6.15. The van der Waals surface area contributed by atoms with Gasteiger partial charge in [-0.05, 0) is 48.9 Å². The Kier molecular flexibility index (Phi) is 6.15. The second kappa shape index (κ2) is 7.87. The van der Waals surface area contributed by atoms with Gasteiger partial charge in [-0.15, -0.1) is 11.8 Å². The van der Waals surface area contributed by atoms with Crippen molar-refractivity contribution in [2.75, 3.05) is 6.26 Å². The third-order valence-corrected chi connectivity index (χ3v) is 4.60. The van der Waals surface area contributed by atoms with Gasteiger partial charge in [-0.3, -0.25) is 0 Å². The Morgan fingerprint density at radius 3 is 2.67 bits per heavy atom. The van der Waals surface area contributed by atoms with Crippen molar-refractivity contribution in [1.82, 2.24) is 0 Å². The van der Waals surface area contributed by atoms with Crippen LogP contribution < -0.4 is 10.5 Å². The normalized spacial score (nSPS) is 12.2. The minimum atomic E-state index is 0.157. The van der Waals surface area contributed by atoms with Crippen LogP contribution in [0.1, 0.15) is 18.9 Å². The van der Waals surface area contributed by atoms with Crippen molar-refractivity contribution in [3.05, 3.63) is 52.5 Å². The van der Waals surface area contributed by atoms with Gasteiger partial charge in [0.25, 0.3) is 0 Å². The Balaban J connectivity index is 2.31. The SMILES string of the molecule is CCC(N)Cc1ccc(Br)cc1Oc1ccccc1SC. The molecular weight excluding hydrogens is 346 g/mol. The van der Waals surface area contributed by atoms with E-state index in [1.54, 1.807) is 11.8 Å². The van der Waals surface area contributed by atoms with E-state index in [0.29, 0.717) is 0 Å². The lowest BCUT2D eigenvalue weighted by Crippen LogP contribution is -2.21. The molecule has 2 N–H and O–H groups in total. The molecule has 0 aliphatic heterocycles. The molecule has 4 heteroatoms. The maximum Gasteiger partial charge on any atom is 0.140 e. The van der Waals surface area contributed by atoms with Crippen molar-refractivity contribution in [2.24, 2.45) is 5.73 Å². The Hall–Kier alpha value is -0.970. The molecular formula is C17H20BrNOS. The van der Waals surface area contributed by atoms with Crippen LogP contribution in [0.15, 0.2) is 51.8 Å². The van der Waals surface area contributed by atoms with E-state index in [-0.39, 0.29) is 6.04 Å². The maximum atomic E-state index is 6.15. The van der Waals surface area contributed by atoms with Crippen LogP contribution in [0.2, 0.25) is 0 Å². The van der Waals surface area contributed by atoms with E-state index in [2.05, 4.69) is 41.2 Å². The highest BCUT2D eigenvalue weighted by Crippen LogP contribution is 2.34. The number of ether oxygens (including phenoxy) is 1. The third-order valence-electron chi connectivity index (χ3n) is 3.32. The molecule has 2 rings (SSSR count). The van der Waals surface area contributed by atoms with E-state index in [1.165, 1.54) is 0 Å². The molecule has 1 unspecified atom stereocenters. The molecule has 21 heavy (non-hydrogen) atoms. The van der Waals surface area contributed by atoms with Gasteiger partial charge in [-0.25, -0.2) is 0 Å². The first-order valence-electron chi connectivity index (χ1n) is 6.99. The van der Waals surface area contributed by atoms with E-state index in [4.69, 9.17) is 10.5 Å². The van der Waals surface area contributed by atoms with Gasteiger partial charge in [-0.2, -0.15) is 0 Å². The first-order chi connectivity index (χ1) is 10.1. The molecule has 0 amide bonds. The second-order valence-electron chi connectivity index (χ2n) is 4.88. The average Bonchev–Trinajstić information content (AvgIpc) is 2.50. The van der Waals surface area contributed by atoms with Crippen LogP contribution in [-0.2, 0) is 6.42 Å². The second-order valence-corrected chi connectivity index (χ2v) is 6.64. The summed E-state index contributed by atoms with van der Waals surface area (Å²) in [7, 11) is 0. The van der Waals surface area contributed by atoms with Gasteiger partial charge in [0.1, 0.15) is 11.5 Å². The molecule has 2 nitrogen and oxygen atoms in total. The summed E-state index contributed by atoms with van der Waals surface area (Å²) >= 11 is 5.19. The Morgan fingerprint density at radius 2 is 1.95 bits per heavy atom. The van der Waals surface area contributed by atoms with Crippen LogP contribution in [0.25, 0.3) is 0 Å². The lowest BCUT2D eigenvalue weighted by Gasteiger charge is -2.16. The van der Waals surface area contributed by atoms with E-state index in [1.807, 2.05) is 30.3 Å². The molecule has 0 radical (unpaired) electrons. The number of rotatable bonds is 6. The number of benzene rings is 2. The van der Waals surface area contributed by atoms with E-state index >= 15 is 0 Å². The molecule has 0 saturated heterocycles. The smallest absolute Gasteiger partial charge is 0.140 e. The van der Waals surface area contributed by atoms with Crippen molar-refractivity contribution in [3.8, 4) is 11.5 Å². The van der Waals surface area contributed by atoms with Crippen molar-refractivity contribution >= 4 is 27.7 Å². The highest BCUT2D eigenvalue weighted by molar-refractivity contribution is 9.10. The summed E-state index contributed by atoms with van der Waals surface area (Å²) in [5.74, 6) is 1.75. The van der Waals surface area contributed by atoms with Crippen LogP contribution in [-0.4, -0.2) is 12.3 Å². The summed E-state index contributed by atoms with van der Waals surface area (Å²) in [6.45, 7) is 2.10. The zero-order valence-corrected chi connectivity index (χ0v) is 14.7. The molecule has 0 heterocycles. The summed E-state index contributed by atoms with van der Waals surface area (Å²) in [6.07, 6.45) is 3.83. The zero-order valence-electron chi connectivity index (χ0n) is 12.3. The zero-order chi connectivity index (χ0) is 15.2. The summed E-state index contributed by atoms with van der Waals surface area (Å²) in [6, 6.07) is 14.4. The summed E-state index contributed by atoms with van der Waals surface area (Å²) < 4.78 is 7.16. The molecule has 0 aliphatic rings. The van der Waals surface area contributed by atoms with Crippen LogP contribution in [0, 0.1) is 0 Å². The highest BCUT2D eigenvalue weighted by atomic mass is 79.9. The first kappa shape index (κ1) is 16.4. The van der Waals surface area contributed by atoms with Gasteiger partial charge < -0.3 is 10.5 Å². The molecule has 1 atom stereocenters. The van der Waals surface area contributed by atoms with E-state index in [9.17, 15) is 0 Å². The van der Waals surface area contributed by atoms with Gasteiger partial charge in [0.05, 0.1) is 0 Å². The lowest BCUT2D eigenvalue weighted by molar-refractivity contribution is 0.461. The fourth-order valence-electron chi connectivity index (χ4n) is 2.04. The van der Waals surface area contributed by atoms with Gasteiger partial charge in [0.15, 0.2) is 0 Å².